The third kappa shape index (κ3) is 2.88. The molecule has 2 aromatic rings. The fraction of sp³-hybridized carbons (Fsp3) is 0. The van der Waals surface area contributed by atoms with E-state index in [1.807, 2.05) is 0 Å². The number of benzene rings is 1. The van der Waals surface area contributed by atoms with Crippen molar-refractivity contribution in [2.45, 2.75) is 0 Å². The van der Waals surface area contributed by atoms with E-state index in [4.69, 9.17) is 9.52 Å². The number of carboxylic acids is 1. The molecule has 1 aromatic carbocycles. The van der Waals surface area contributed by atoms with E-state index < -0.39 is 12.0 Å². The van der Waals surface area contributed by atoms with Crippen LogP contribution in [0.25, 0.3) is 0 Å². The van der Waals surface area contributed by atoms with E-state index in [2.05, 4.69) is 10.6 Å². The molecule has 92 valence electrons. The van der Waals surface area contributed by atoms with Crippen LogP contribution >= 0.6 is 0 Å². The molecule has 6 heteroatoms. The number of amides is 2. The van der Waals surface area contributed by atoms with Crippen LogP contribution in [-0.4, -0.2) is 17.1 Å². The molecule has 0 aliphatic rings. The maximum Gasteiger partial charge on any atom is 0.335 e. The summed E-state index contributed by atoms with van der Waals surface area (Å²) in [6.45, 7) is 0. The van der Waals surface area contributed by atoms with Gasteiger partial charge in [0, 0.05) is 11.8 Å². The van der Waals surface area contributed by atoms with E-state index in [0.29, 0.717) is 11.6 Å². The Bertz CT molecular complexity index is 546. The van der Waals surface area contributed by atoms with Crippen molar-refractivity contribution < 1.29 is 19.1 Å². The monoisotopic (exact) mass is 246 g/mol. The number of carbonyl (C=O) groups is 2. The molecular formula is C12H10N2O4. The van der Waals surface area contributed by atoms with Gasteiger partial charge in [0.1, 0.15) is 0 Å². The number of hydrogen-bond acceptors (Lipinski definition) is 3. The van der Waals surface area contributed by atoms with Gasteiger partial charge in [-0.1, -0.05) is 0 Å². The normalized spacial score (nSPS) is 9.78. The van der Waals surface area contributed by atoms with Gasteiger partial charge in [-0.25, -0.2) is 9.59 Å². The van der Waals surface area contributed by atoms with Crippen LogP contribution in [0.5, 0.6) is 0 Å². The first kappa shape index (κ1) is 11.7. The second-order valence-corrected chi connectivity index (χ2v) is 3.44. The Morgan fingerprint density at radius 1 is 1.06 bits per heavy atom. The predicted octanol–water partition coefficient (Wildman–Crippen LogP) is 2.62. The van der Waals surface area contributed by atoms with Gasteiger partial charge in [-0.2, -0.15) is 0 Å². The summed E-state index contributed by atoms with van der Waals surface area (Å²) in [6, 6.07) is 8.61. The van der Waals surface area contributed by atoms with Crippen molar-refractivity contribution in [3.63, 3.8) is 0 Å². The highest BCUT2D eigenvalue weighted by molar-refractivity contribution is 5.99. The maximum atomic E-state index is 11.5. The molecule has 0 unspecified atom stereocenters. The molecule has 3 N–H and O–H groups in total. The van der Waals surface area contributed by atoms with E-state index >= 15 is 0 Å². The van der Waals surface area contributed by atoms with E-state index in [-0.39, 0.29) is 5.56 Å². The third-order valence-electron chi connectivity index (χ3n) is 2.15. The number of anilines is 2. The van der Waals surface area contributed by atoms with E-state index in [0.717, 1.165) is 0 Å². The molecule has 2 rings (SSSR count). The smallest absolute Gasteiger partial charge is 0.335 e. The molecule has 0 saturated heterocycles. The van der Waals surface area contributed by atoms with Crippen molar-refractivity contribution >= 4 is 23.6 Å². The topological polar surface area (TPSA) is 91.6 Å². The van der Waals surface area contributed by atoms with Gasteiger partial charge in [0.15, 0.2) is 0 Å². The van der Waals surface area contributed by atoms with Gasteiger partial charge in [0.2, 0.25) is 5.88 Å². The van der Waals surface area contributed by atoms with Crippen LogP contribution in [0.2, 0.25) is 0 Å². The number of carboxylic acid groups (broad SMARTS) is 1. The molecule has 0 saturated carbocycles. The van der Waals surface area contributed by atoms with Crippen LogP contribution in [0.3, 0.4) is 0 Å². The summed E-state index contributed by atoms with van der Waals surface area (Å²) in [5.74, 6) is -0.684. The predicted molar refractivity (Wildman–Crippen MR) is 64.8 cm³/mol. The summed E-state index contributed by atoms with van der Waals surface area (Å²) in [5, 5.41) is 13.7. The van der Waals surface area contributed by atoms with Crippen molar-refractivity contribution in [1.29, 1.82) is 0 Å². The fourth-order valence-electron chi connectivity index (χ4n) is 1.32. The summed E-state index contributed by atoms with van der Waals surface area (Å²) >= 11 is 0. The number of nitrogens with one attached hydrogen (secondary N) is 2. The Morgan fingerprint density at radius 2 is 1.78 bits per heavy atom. The summed E-state index contributed by atoms with van der Waals surface area (Å²) < 4.78 is 4.94. The number of carbonyl (C=O) groups excluding carboxylic acids is 1. The number of furan rings is 1. The van der Waals surface area contributed by atoms with Crippen LogP contribution in [0.15, 0.2) is 47.1 Å². The summed E-state index contributed by atoms with van der Waals surface area (Å²) in [4.78, 5) is 22.1. The maximum absolute atomic E-state index is 11.5. The zero-order chi connectivity index (χ0) is 13.0. The molecule has 1 aromatic heterocycles. The zero-order valence-corrected chi connectivity index (χ0v) is 9.21. The van der Waals surface area contributed by atoms with Gasteiger partial charge in [0.05, 0.1) is 11.8 Å². The minimum absolute atomic E-state index is 0.159. The Hall–Kier alpha value is -2.76. The fourth-order valence-corrected chi connectivity index (χ4v) is 1.32. The van der Waals surface area contributed by atoms with Gasteiger partial charge < -0.3 is 14.8 Å². The number of hydrogen-bond donors (Lipinski definition) is 3. The van der Waals surface area contributed by atoms with Crippen LogP contribution in [0, 0.1) is 0 Å². The molecular weight excluding hydrogens is 236 g/mol. The Morgan fingerprint density at radius 3 is 2.33 bits per heavy atom. The number of aromatic carboxylic acids is 1. The van der Waals surface area contributed by atoms with E-state index in [1.165, 1.54) is 30.5 Å². The first-order valence-corrected chi connectivity index (χ1v) is 5.10. The average molecular weight is 246 g/mol. The molecule has 0 aliphatic heterocycles. The lowest BCUT2D eigenvalue weighted by Gasteiger charge is -2.05. The minimum Gasteiger partial charge on any atom is -0.478 e. The number of rotatable bonds is 3. The number of urea groups is 1. The molecule has 2 amide bonds. The summed E-state index contributed by atoms with van der Waals surface area (Å²) in [6.07, 6.45) is 1.44. The molecule has 0 radical (unpaired) electrons. The quantitative estimate of drug-likeness (QED) is 0.776. The van der Waals surface area contributed by atoms with Crippen molar-refractivity contribution in [2.75, 3.05) is 10.6 Å². The summed E-state index contributed by atoms with van der Waals surface area (Å²) in [5.41, 5.74) is 0.649. The molecule has 0 atom stereocenters. The second kappa shape index (κ2) is 5.05. The molecule has 0 aliphatic carbocycles. The van der Waals surface area contributed by atoms with E-state index in [1.54, 1.807) is 12.1 Å². The zero-order valence-electron chi connectivity index (χ0n) is 9.21. The molecule has 0 fully saturated rings. The van der Waals surface area contributed by atoms with Crippen LogP contribution in [0.4, 0.5) is 16.4 Å². The first-order chi connectivity index (χ1) is 8.65. The third-order valence-corrected chi connectivity index (χ3v) is 2.15. The van der Waals surface area contributed by atoms with E-state index in [9.17, 15) is 9.59 Å². The highest BCUT2D eigenvalue weighted by Crippen LogP contribution is 2.11. The highest BCUT2D eigenvalue weighted by atomic mass is 16.4. The lowest BCUT2D eigenvalue weighted by atomic mass is 10.2. The van der Waals surface area contributed by atoms with Crippen molar-refractivity contribution in [2.24, 2.45) is 0 Å². The van der Waals surface area contributed by atoms with Crippen molar-refractivity contribution in [1.82, 2.24) is 0 Å². The molecule has 0 bridgehead atoms. The van der Waals surface area contributed by atoms with Crippen molar-refractivity contribution in [3.05, 3.63) is 48.2 Å². The standard InChI is InChI=1S/C12H10N2O4/c15-11(16)8-3-5-9(6-4-8)13-12(17)14-10-2-1-7-18-10/h1-7H,(H,15,16)(H2,13,14,17). The second-order valence-electron chi connectivity index (χ2n) is 3.44. The van der Waals surface area contributed by atoms with Gasteiger partial charge in [0.25, 0.3) is 0 Å². The average Bonchev–Trinajstić information content (AvgIpc) is 2.82. The first-order valence-electron chi connectivity index (χ1n) is 5.10. The van der Waals surface area contributed by atoms with Crippen LogP contribution in [0.1, 0.15) is 10.4 Å². The Labute approximate surface area is 102 Å². The Balaban J connectivity index is 1.97. The van der Waals surface area contributed by atoms with Gasteiger partial charge in [-0.15, -0.1) is 0 Å². The van der Waals surface area contributed by atoms with Crippen molar-refractivity contribution in [3.8, 4) is 0 Å². The Kier molecular flexibility index (Phi) is 3.29. The van der Waals surface area contributed by atoms with Crippen LogP contribution < -0.4 is 10.6 Å². The molecule has 1 heterocycles. The lowest BCUT2D eigenvalue weighted by Crippen LogP contribution is -2.19. The SMILES string of the molecule is O=C(Nc1ccc(C(=O)O)cc1)Nc1ccco1. The molecule has 6 nitrogen and oxygen atoms in total. The molecule has 0 spiro atoms. The van der Waals surface area contributed by atoms with Gasteiger partial charge >= 0.3 is 12.0 Å². The summed E-state index contributed by atoms with van der Waals surface area (Å²) in [7, 11) is 0. The van der Waals surface area contributed by atoms with Crippen LogP contribution in [-0.2, 0) is 0 Å². The van der Waals surface area contributed by atoms with Gasteiger partial charge in [-0.05, 0) is 30.3 Å². The molecule has 18 heavy (non-hydrogen) atoms. The lowest BCUT2D eigenvalue weighted by molar-refractivity contribution is 0.0697. The highest BCUT2D eigenvalue weighted by Gasteiger charge is 2.05. The largest absolute Gasteiger partial charge is 0.478 e. The van der Waals surface area contributed by atoms with Gasteiger partial charge in [-0.3, -0.25) is 5.32 Å². The minimum atomic E-state index is -1.01.